The highest BCUT2D eigenvalue weighted by molar-refractivity contribution is 7.82. The van der Waals surface area contributed by atoms with Crippen molar-refractivity contribution in [2.24, 2.45) is 0 Å². The first-order valence-electron chi connectivity index (χ1n) is 11.1. The third-order valence-corrected chi connectivity index (χ3v) is 6.09. The molecule has 0 saturated carbocycles. The molecule has 4 rings (SSSR count). The van der Waals surface area contributed by atoms with E-state index in [4.69, 9.17) is 14.2 Å². The largest absolute Gasteiger partial charge is 0.494 e. The summed E-state index contributed by atoms with van der Waals surface area (Å²) >= 11 is 0. The van der Waals surface area contributed by atoms with Crippen molar-refractivity contribution >= 4 is 16.9 Å². The molecule has 2 aromatic carbocycles. The summed E-state index contributed by atoms with van der Waals surface area (Å²) in [6.45, 7) is 2.29. The second-order valence-corrected chi connectivity index (χ2v) is 8.58. The summed E-state index contributed by atoms with van der Waals surface area (Å²) in [5.74, 6) is 0.815. The third-order valence-electron chi connectivity index (χ3n) is 5.08. The van der Waals surface area contributed by atoms with Gasteiger partial charge in [0, 0.05) is 6.07 Å². The van der Waals surface area contributed by atoms with Crippen molar-refractivity contribution in [2.45, 2.75) is 12.7 Å². The van der Waals surface area contributed by atoms with Crippen molar-refractivity contribution < 1.29 is 23.2 Å². The molecule has 1 atom stereocenters. The maximum Gasteiger partial charge on any atom is 0.301 e. The fourth-order valence-electron chi connectivity index (χ4n) is 3.54. The van der Waals surface area contributed by atoms with E-state index < -0.39 is 16.9 Å². The average molecular weight is 508 g/mol. The van der Waals surface area contributed by atoms with Gasteiger partial charge in [-0.1, -0.05) is 42.5 Å². The molecular formula is C25H25N5O5S. The van der Waals surface area contributed by atoms with Crippen LogP contribution in [0.3, 0.4) is 0 Å². The Labute approximate surface area is 210 Å². The number of aromatic nitrogens is 4. The number of amides is 1. The van der Waals surface area contributed by atoms with E-state index >= 15 is 0 Å². The third kappa shape index (κ3) is 5.36. The first-order valence-corrected chi connectivity index (χ1v) is 12.4. The number of pyridine rings is 1. The fraction of sp³-hybridized carbons (Fsp3) is 0.200. The summed E-state index contributed by atoms with van der Waals surface area (Å²) in [5.41, 5.74) is 1.62. The molecule has 4 aromatic rings. The Morgan fingerprint density at radius 1 is 0.944 bits per heavy atom. The highest BCUT2D eigenvalue weighted by Gasteiger charge is 2.27. The predicted molar refractivity (Wildman–Crippen MR) is 135 cm³/mol. The van der Waals surface area contributed by atoms with E-state index in [-0.39, 0.29) is 17.4 Å². The number of rotatable bonds is 10. The number of nitrogens with one attached hydrogen (secondary N) is 1. The zero-order valence-corrected chi connectivity index (χ0v) is 20.8. The maximum atomic E-state index is 13.3. The highest BCUT2D eigenvalue weighted by atomic mass is 32.2. The number of ether oxygens (including phenoxy) is 3. The minimum atomic E-state index is -1.70. The molecule has 0 radical (unpaired) electrons. The normalized spacial score (nSPS) is 11.5. The van der Waals surface area contributed by atoms with Crippen LogP contribution in [0.15, 0.2) is 66.7 Å². The van der Waals surface area contributed by atoms with Gasteiger partial charge in [0.2, 0.25) is 11.7 Å². The van der Waals surface area contributed by atoms with Crippen LogP contribution in [-0.2, 0) is 16.7 Å². The molecule has 186 valence electrons. The molecule has 0 aliphatic rings. The highest BCUT2D eigenvalue weighted by Crippen LogP contribution is 2.36. The lowest BCUT2D eigenvalue weighted by molar-refractivity contribution is 0.0970. The molecule has 2 aromatic heterocycles. The van der Waals surface area contributed by atoms with Gasteiger partial charge in [0.05, 0.1) is 26.6 Å². The topological polar surface area (TPSA) is 117 Å². The van der Waals surface area contributed by atoms with Crippen LogP contribution in [0.2, 0.25) is 0 Å². The first-order chi connectivity index (χ1) is 17.5. The Kier molecular flexibility index (Phi) is 7.91. The van der Waals surface area contributed by atoms with Crippen molar-refractivity contribution in [1.29, 1.82) is 0 Å². The van der Waals surface area contributed by atoms with E-state index in [1.807, 2.05) is 37.3 Å². The Balaban J connectivity index is 1.80. The molecule has 0 aliphatic carbocycles. The number of benzene rings is 2. The molecule has 0 spiro atoms. The van der Waals surface area contributed by atoms with Crippen LogP contribution >= 0.6 is 0 Å². The van der Waals surface area contributed by atoms with Crippen LogP contribution in [0.5, 0.6) is 17.4 Å². The Hall–Kier alpha value is -4.25. The molecule has 1 amide bonds. The van der Waals surface area contributed by atoms with Crippen LogP contribution in [0, 0.1) is 0 Å². The maximum absolute atomic E-state index is 13.3. The SMILES string of the molecule is CCOc1cccc(-c2nnc(C(=O)NS(=O)Cc3ccccc3)n2-c2c(OC)cccc2OC)n1. The molecule has 2 heterocycles. The number of hydrogen-bond acceptors (Lipinski definition) is 8. The molecule has 36 heavy (non-hydrogen) atoms. The molecule has 0 saturated heterocycles. The molecule has 0 aliphatic heterocycles. The number of hydrogen-bond donors (Lipinski definition) is 1. The summed E-state index contributed by atoms with van der Waals surface area (Å²) in [4.78, 5) is 17.8. The predicted octanol–water partition coefficient (Wildman–Crippen LogP) is 3.34. The molecule has 1 unspecified atom stereocenters. The average Bonchev–Trinajstić information content (AvgIpc) is 3.34. The van der Waals surface area contributed by atoms with Crippen molar-refractivity contribution in [3.05, 3.63) is 78.1 Å². The zero-order chi connectivity index (χ0) is 25.5. The van der Waals surface area contributed by atoms with Crippen molar-refractivity contribution in [2.75, 3.05) is 20.8 Å². The van der Waals surface area contributed by atoms with E-state index in [2.05, 4.69) is 19.9 Å². The summed E-state index contributed by atoms with van der Waals surface area (Å²) < 4.78 is 33.4. The lowest BCUT2D eigenvalue weighted by atomic mass is 10.2. The number of carbonyl (C=O) groups is 1. The van der Waals surface area contributed by atoms with E-state index in [1.54, 1.807) is 36.4 Å². The van der Waals surface area contributed by atoms with Gasteiger partial charge in [-0.3, -0.25) is 14.1 Å². The summed E-state index contributed by atoms with van der Waals surface area (Å²) in [6.07, 6.45) is 0. The van der Waals surface area contributed by atoms with Gasteiger partial charge in [-0.25, -0.2) is 9.19 Å². The van der Waals surface area contributed by atoms with Gasteiger partial charge in [-0.2, -0.15) is 0 Å². The van der Waals surface area contributed by atoms with Gasteiger partial charge < -0.3 is 14.2 Å². The lowest BCUT2D eigenvalue weighted by Crippen LogP contribution is -2.29. The standard InChI is InChI=1S/C25H25N5O5S/c1-4-35-21-15-8-12-18(26-21)23-27-28-24(25(31)29-36(32)16-17-10-6-5-7-11-17)30(23)22-19(33-2)13-9-14-20(22)34-3/h5-15H,4,16H2,1-3H3,(H,29,31). The van der Waals surface area contributed by atoms with Crippen molar-refractivity contribution in [3.8, 4) is 34.6 Å². The lowest BCUT2D eigenvalue weighted by Gasteiger charge is -2.17. The van der Waals surface area contributed by atoms with Crippen LogP contribution < -0.4 is 18.9 Å². The van der Waals surface area contributed by atoms with Gasteiger partial charge >= 0.3 is 5.91 Å². The van der Waals surface area contributed by atoms with Gasteiger partial charge in [-0.15, -0.1) is 10.2 Å². The second kappa shape index (κ2) is 11.5. The quantitative estimate of drug-likeness (QED) is 0.347. The Morgan fingerprint density at radius 2 is 1.64 bits per heavy atom. The van der Waals surface area contributed by atoms with Gasteiger partial charge in [0.25, 0.3) is 0 Å². The van der Waals surface area contributed by atoms with Gasteiger partial charge in [-0.05, 0) is 30.7 Å². The fourth-order valence-corrected chi connectivity index (χ4v) is 4.40. The zero-order valence-electron chi connectivity index (χ0n) is 20.0. The van der Waals surface area contributed by atoms with E-state index in [9.17, 15) is 9.00 Å². The molecule has 1 N–H and O–H groups in total. The Bertz CT molecular complexity index is 1350. The van der Waals surface area contributed by atoms with Crippen LogP contribution in [0.25, 0.3) is 17.2 Å². The minimum absolute atomic E-state index is 0.113. The van der Waals surface area contributed by atoms with Crippen molar-refractivity contribution in [1.82, 2.24) is 24.5 Å². The molecular weight excluding hydrogens is 482 g/mol. The first kappa shape index (κ1) is 24.9. The summed E-state index contributed by atoms with van der Waals surface area (Å²) in [5, 5.41) is 8.38. The molecule has 0 bridgehead atoms. The van der Waals surface area contributed by atoms with E-state index in [0.29, 0.717) is 35.4 Å². The van der Waals surface area contributed by atoms with E-state index in [0.717, 1.165) is 5.56 Å². The number of carbonyl (C=O) groups excluding carboxylic acids is 1. The van der Waals surface area contributed by atoms with Crippen LogP contribution in [0.1, 0.15) is 23.1 Å². The second-order valence-electron chi connectivity index (χ2n) is 7.39. The number of para-hydroxylation sites is 1. The monoisotopic (exact) mass is 507 g/mol. The summed E-state index contributed by atoms with van der Waals surface area (Å²) in [7, 11) is 1.31. The number of methoxy groups -OCH3 is 2. The molecule has 10 nitrogen and oxygen atoms in total. The minimum Gasteiger partial charge on any atom is -0.494 e. The van der Waals surface area contributed by atoms with E-state index in [1.165, 1.54) is 18.8 Å². The van der Waals surface area contributed by atoms with Crippen LogP contribution in [-0.4, -0.2) is 50.7 Å². The Morgan fingerprint density at radius 3 is 2.31 bits per heavy atom. The van der Waals surface area contributed by atoms with Gasteiger partial charge in [0.15, 0.2) is 5.82 Å². The smallest absolute Gasteiger partial charge is 0.301 e. The number of nitrogens with zero attached hydrogens (tertiary/aromatic N) is 4. The van der Waals surface area contributed by atoms with Crippen LogP contribution in [0.4, 0.5) is 0 Å². The summed E-state index contributed by atoms with van der Waals surface area (Å²) in [6, 6.07) is 19.6. The van der Waals surface area contributed by atoms with Crippen molar-refractivity contribution in [3.63, 3.8) is 0 Å². The van der Waals surface area contributed by atoms with Gasteiger partial charge in [0.1, 0.15) is 33.9 Å². The molecule has 0 fully saturated rings. The molecule has 11 heteroatoms.